The molecule has 1 nitrogen and oxygen atoms in total. The van der Waals surface area contributed by atoms with Crippen molar-refractivity contribution >= 4 is 46.5 Å². The Balaban J connectivity index is 1.71. The van der Waals surface area contributed by atoms with Gasteiger partial charge in [0.2, 0.25) is 0 Å². The van der Waals surface area contributed by atoms with Crippen LogP contribution in [0.5, 0.6) is 0 Å². The number of benzene rings is 4. The molecule has 4 rings (SSSR count). The standard InChI is InChI=1S/C28H19ClF5NS2/c29-20-2-1-3-23(16-20)35-26(18-4-6-19(7-5-18)28(32,33)34)17-27(36-24-12-8-21(30)9-13-24)37-25-14-10-22(31)11-15-25/h1-16,27H,17H2. The second-order valence-corrected chi connectivity index (χ2v) is 11.2. The van der Waals surface area contributed by atoms with Crippen LogP contribution in [0.3, 0.4) is 0 Å². The van der Waals surface area contributed by atoms with Crippen molar-refractivity contribution in [2.45, 2.75) is 27.0 Å². The third-order valence-corrected chi connectivity index (χ3v) is 7.90. The van der Waals surface area contributed by atoms with E-state index in [1.54, 1.807) is 48.5 Å². The minimum absolute atomic E-state index is 0.226. The van der Waals surface area contributed by atoms with Crippen molar-refractivity contribution in [3.63, 3.8) is 0 Å². The lowest BCUT2D eigenvalue weighted by Crippen LogP contribution is -2.11. The quantitative estimate of drug-likeness (QED) is 0.0915. The molecule has 0 radical (unpaired) electrons. The number of alkyl halides is 3. The molecule has 0 aromatic heterocycles. The van der Waals surface area contributed by atoms with Crippen LogP contribution in [0.15, 0.2) is 112 Å². The summed E-state index contributed by atoms with van der Waals surface area (Å²) < 4.78 is 66.2. The van der Waals surface area contributed by atoms with E-state index in [9.17, 15) is 22.0 Å². The van der Waals surface area contributed by atoms with E-state index in [0.717, 1.165) is 21.9 Å². The van der Waals surface area contributed by atoms with Gasteiger partial charge in [-0.1, -0.05) is 29.8 Å². The molecule has 0 spiro atoms. The van der Waals surface area contributed by atoms with Gasteiger partial charge >= 0.3 is 6.18 Å². The number of rotatable bonds is 8. The van der Waals surface area contributed by atoms with Gasteiger partial charge in [0.05, 0.1) is 21.5 Å². The van der Waals surface area contributed by atoms with Crippen LogP contribution in [0, 0.1) is 11.6 Å². The molecular weight excluding hydrogens is 545 g/mol. The van der Waals surface area contributed by atoms with Gasteiger partial charge in [-0.2, -0.15) is 13.2 Å². The Hall–Kier alpha value is -2.81. The number of nitrogens with zero attached hydrogens (tertiary/aromatic N) is 1. The average molecular weight is 564 g/mol. The maximum Gasteiger partial charge on any atom is 0.416 e. The van der Waals surface area contributed by atoms with Crippen LogP contribution in [0.1, 0.15) is 17.5 Å². The molecule has 0 aliphatic rings. The summed E-state index contributed by atoms with van der Waals surface area (Å²) in [6.07, 6.45) is -4.12. The van der Waals surface area contributed by atoms with Crippen molar-refractivity contribution in [3.05, 3.63) is 125 Å². The first-order chi connectivity index (χ1) is 17.7. The van der Waals surface area contributed by atoms with Crippen LogP contribution < -0.4 is 0 Å². The highest BCUT2D eigenvalue weighted by Crippen LogP contribution is 2.39. The Morgan fingerprint density at radius 1 is 0.757 bits per heavy atom. The van der Waals surface area contributed by atoms with E-state index in [2.05, 4.69) is 0 Å². The van der Waals surface area contributed by atoms with Crippen LogP contribution in [0.4, 0.5) is 27.6 Å². The zero-order chi connectivity index (χ0) is 26.4. The van der Waals surface area contributed by atoms with E-state index in [-0.39, 0.29) is 16.2 Å². The third-order valence-electron chi connectivity index (χ3n) is 5.14. The van der Waals surface area contributed by atoms with Gasteiger partial charge in [0, 0.05) is 21.2 Å². The van der Waals surface area contributed by atoms with E-state index in [1.165, 1.54) is 59.9 Å². The smallest absolute Gasteiger partial charge is 0.253 e. The van der Waals surface area contributed by atoms with Gasteiger partial charge in [-0.25, -0.2) is 8.78 Å². The Kier molecular flexibility index (Phi) is 8.95. The topological polar surface area (TPSA) is 12.4 Å². The van der Waals surface area contributed by atoms with Crippen LogP contribution >= 0.6 is 35.1 Å². The van der Waals surface area contributed by atoms with E-state index in [1.807, 2.05) is 0 Å². The summed E-state index contributed by atoms with van der Waals surface area (Å²) in [4.78, 5) is 6.34. The summed E-state index contributed by atoms with van der Waals surface area (Å²) in [7, 11) is 0. The molecule has 0 saturated carbocycles. The normalized spacial score (nSPS) is 12.2. The highest BCUT2D eigenvalue weighted by atomic mass is 35.5. The van der Waals surface area contributed by atoms with Gasteiger partial charge in [0.15, 0.2) is 0 Å². The zero-order valence-electron chi connectivity index (χ0n) is 19.1. The summed E-state index contributed by atoms with van der Waals surface area (Å²) in [6, 6.07) is 23.8. The summed E-state index contributed by atoms with van der Waals surface area (Å²) in [6.45, 7) is 0. The zero-order valence-corrected chi connectivity index (χ0v) is 21.4. The van der Waals surface area contributed by atoms with Crippen LogP contribution in [0.2, 0.25) is 5.02 Å². The second kappa shape index (κ2) is 12.2. The maximum atomic E-state index is 13.5. The number of aliphatic imine (C=N–C) groups is 1. The monoisotopic (exact) mass is 563 g/mol. The molecule has 0 atom stereocenters. The Bertz CT molecular complexity index is 1310. The molecule has 9 heteroatoms. The lowest BCUT2D eigenvalue weighted by atomic mass is 10.1. The van der Waals surface area contributed by atoms with Crippen molar-refractivity contribution in [1.82, 2.24) is 0 Å². The van der Waals surface area contributed by atoms with Gasteiger partial charge in [-0.3, -0.25) is 4.99 Å². The molecule has 0 N–H and O–H groups in total. The summed E-state index contributed by atoms with van der Waals surface area (Å²) in [5.41, 5.74) is 0.874. The van der Waals surface area contributed by atoms with Crippen LogP contribution in [0.25, 0.3) is 0 Å². The molecule has 0 fully saturated rings. The van der Waals surface area contributed by atoms with Crippen molar-refractivity contribution in [2.24, 2.45) is 4.99 Å². The molecule has 0 saturated heterocycles. The fourth-order valence-electron chi connectivity index (χ4n) is 3.38. The summed E-state index contributed by atoms with van der Waals surface area (Å²) in [5, 5.41) is 0.478. The first-order valence-electron chi connectivity index (χ1n) is 11.0. The van der Waals surface area contributed by atoms with Crippen molar-refractivity contribution in [2.75, 3.05) is 0 Å². The molecule has 0 aliphatic heterocycles. The van der Waals surface area contributed by atoms with Gasteiger partial charge in [-0.05, 0) is 84.4 Å². The molecule has 37 heavy (non-hydrogen) atoms. The lowest BCUT2D eigenvalue weighted by molar-refractivity contribution is -0.137. The van der Waals surface area contributed by atoms with Crippen molar-refractivity contribution in [1.29, 1.82) is 0 Å². The van der Waals surface area contributed by atoms with Gasteiger partial charge in [0.25, 0.3) is 0 Å². The lowest BCUT2D eigenvalue weighted by Gasteiger charge is -2.19. The van der Waals surface area contributed by atoms with Crippen molar-refractivity contribution < 1.29 is 22.0 Å². The molecule has 4 aromatic rings. The first kappa shape index (κ1) is 27.2. The van der Waals surface area contributed by atoms with Crippen LogP contribution in [-0.2, 0) is 6.18 Å². The highest BCUT2D eigenvalue weighted by Gasteiger charge is 2.30. The molecule has 0 aliphatic carbocycles. The minimum atomic E-state index is -4.46. The number of hydrogen-bond donors (Lipinski definition) is 0. The van der Waals surface area contributed by atoms with Crippen molar-refractivity contribution in [3.8, 4) is 0 Å². The van der Waals surface area contributed by atoms with E-state index >= 15 is 0 Å². The number of thioether (sulfide) groups is 2. The molecule has 0 heterocycles. The minimum Gasteiger partial charge on any atom is -0.253 e. The Morgan fingerprint density at radius 3 is 1.78 bits per heavy atom. The molecule has 0 unspecified atom stereocenters. The fourth-order valence-corrected chi connectivity index (χ4v) is 6.10. The second-order valence-electron chi connectivity index (χ2n) is 7.89. The molecule has 0 amide bonds. The van der Waals surface area contributed by atoms with Gasteiger partial charge in [-0.15, -0.1) is 23.5 Å². The predicted octanol–water partition coefficient (Wildman–Crippen LogP) is 10.1. The Labute approximate surface area is 224 Å². The van der Waals surface area contributed by atoms with Gasteiger partial charge < -0.3 is 0 Å². The van der Waals surface area contributed by atoms with E-state index in [4.69, 9.17) is 16.6 Å². The number of hydrogen-bond acceptors (Lipinski definition) is 3. The molecule has 4 aromatic carbocycles. The fraction of sp³-hybridized carbons (Fsp3) is 0.107. The predicted molar refractivity (Wildman–Crippen MR) is 142 cm³/mol. The molecule has 190 valence electrons. The van der Waals surface area contributed by atoms with E-state index < -0.39 is 11.7 Å². The number of halogens is 6. The van der Waals surface area contributed by atoms with Gasteiger partial charge in [0.1, 0.15) is 11.6 Å². The van der Waals surface area contributed by atoms with E-state index in [0.29, 0.717) is 28.4 Å². The summed E-state index contributed by atoms with van der Waals surface area (Å²) >= 11 is 9.04. The SMILES string of the molecule is Fc1ccc(SC(CC(=Nc2cccc(Cl)c2)c2ccc(C(F)(F)F)cc2)Sc2ccc(F)cc2)cc1. The molecular formula is C28H19ClF5NS2. The maximum absolute atomic E-state index is 13.5. The average Bonchev–Trinajstić information content (AvgIpc) is 2.86. The highest BCUT2D eigenvalue weighted by molar-refractivity contribution is 8.17. The largest absolute Gasteiger partial charge is 0.416 e. The first-order valence-corrected chi connectivity index (χ1v) is 13.1. The van der Waals surface area contributed by atoms with Crippen LogP contribution in [-0.4, -0.2) is 10.3 Å². The third kappa shape index (κ3) is 8.09. The summed E-state index contributed by atoms with van der Waals surface area (Å²) in [5.74, 6) is -0.722. The molecule has 0 bridgehead atoms. The Morgan fingerprint density at radius 2 is 1.30 bits per heavy atom.